The van der Waals surface area contributed by atoms with E-state index in [-0.39, 0.29) is 30.5 Å². The van der Waals surface area contributed by atoms with Gasteiger partial charge in [-0.2, -0.15) is 0 Å². The highest BCUT2D eigenvalue weighted by atomic mass is 35.5. The monoisotopic (exact) mass is 900 g/mol. The molecule has 0 radical (unpaired) electrons. The molecule has 4 aromatic carbocycles. The Balaban J connectivity index is 0.000000213. The summed E-state index contributed by atoms with van der Waals surface area (Å²) in [5, 5.41) is 17.7. The number of aliphatic carboxylic acids is 2. The second-order valence-corrected chi connectivity index (χ2v) is 15.6. The lowest BCUT2D eigenvalue weighted by atomic mass is 9.76. The highest BCUT2D eigenvalue weighted by Crippen LogP contribution is 2.43. The van der Waals surface area contributed by atoms with Crippen LogP contribution in [-0.2, 0) is 52.0 Å². The zero-order chi connectivity index (χ0) is 44.8. The summed E-state index contributed by atoms with van der Waals surface area (Å²) in [6.07, 6.45) is 7.38. The maximum Gasteiger partial charge on any atom is 0.573 e. The third-order valence-corrected chi connectivity index (χ3v) is 11.4. The molecule has 0 saturated carbocycles. The Hall–Kier alpha value is -6.45. The van der Waals surface area contributed by atoms with Gasteiger partial charge < -0.3 is 35.6 Å². The van der Waals surface area contributed by atoms with Crippen molar-refractivity contribution in [1.82, 2.24) is 24.8 Å². The van der Waals surface area contributed by atoms with Crippen LogP contribution in [0.15, 0.2) is 128 Å². The van der Waals surface area contributed by atoms with E-state index in [0.29, 0.717) is 23.9 Å². The summed E-state index contributed by atoms with van der Waals surface area (Å²) in [5.74, 6) is -2.93. The van der Waals surface area contributed by atoms with Crippen LogP contribution in [0.2, 0.25) is 0 Å². The third kappa shape index (κ3) is 12.6. The van der Waals surface area contributed by atoms with Crippen LogP contribution in [0.25, 0.3) is 0 Å². The zero-order valence-electron chi connectivity index (χ0n) is 35.0. The van der Waals surface area contributed by atoms with Crippen molar-refractivity contribution in [2.24, 2.45) is 17.6 Å². The lowest BCUT2D eigenvalue weighted by molar-refractivity contribution is -0.274. The van der Waals surface area contributed by atoms with Gasteiger partial charge >= 0.3 is 18.3 Å². The minimum absolute atomic E-state index is 0. The maximum absolute atomic E-state index is 12.1. The second kappa shape index (κ2) is 22.8. The number of hydrogen-bond donors (Lipinski definition) is 5. The Morgan fingerprint density at radius 3 is 1.83 bits per heavy atom. The van der Waals surface area contributed by atoms with E-state index >= 15 is 0 Å². The van der Waals surface area contributed by atoms with E-state index < -0.39 is 23.8 Å². The van der Waals surface area contributed by atoms with Gasteiger partial charge in [-0.15, -0.1) is 25.6 Å². The molecule has 1 amide bonds. The number of carbonyl (C=O) groups excluding carboxylic acids is 1. The Morgan fingerprint density at radius 1 is 0.750 bits per heavy atom. The van der Waals surface area contributed by atoms with E-state index in [1.165, 1.54) is 64.5 Å². The van der Waals surface area contributed by atoms with Gasteiger partial charge in [-0.1, -0.05) is 103 Å². The van der Waals surface area contributed by atoms with Crippen LogP contribution in [-0.4, -0.2) is 67.0 Å². The number of nitrogens with one attached hydrogen (secondary N) is 2. The first-order valence-electron chi connectivity index (χ1n) is 20.9. The quantitative estimate of drug-likeness (QED) is 0.0601. The van der Waals surface area contributed by atoms with Crippen LogP contribution in [0.4, 0.5) is 13.2 Å². The maximum atomic E-state index is 12.1. The van der Waals surface area contributed by atoms with E-state index in [1.54, 1.807) is 6.33 Å². The molecule has 0 spiro atoms. The number of carboxylic acid groups (broad SMARTS) is 2. The average Bonchev–Trinajstić information content (AvgIpc) is 3.93. The average molecular weight is 901 g/mol. The minimum atomic E-state index is -4.71. The summed E-state index contributed by atoms with van der Waals surface area (Å²) in [4.78, 5) is 42.6. The number of aromatic amines is 1. The molecule has 64 heavy (non-hydrogen) atoms. The van der Waals surface area contributed by atoms with Crippen LogP contribution in [0.5, 0.6) is 5.75 Å². The molecule has 0 aliphatic heterocycles. The molecule has 6 aromatic rings. The van der Waals surface area contributed by atoms with Crippen molar-refractivity contribution >= 4 is 30.3 Å². The molecule has 16 heteroatoms. The van der Waals surface area contributed by atoms with Gasteiger partial charge in [0.05, 0.1) is 30.5 Å². The van der Waals surface area contributed by atoms with E-state index in [2.05, 4.69) is 122 Å². The van der Waals surface area contributed by atoms with Gasteiger partial charge in [-0.3, -0.25) is 4.79 Å². The number of nitrogens with two attached hydrogens (primary N) is 1. The van der Waals surface area contributed by atoms with E-state index in [9.17, 15) is 18.0 Å². The molecule has 2 atom stereocenters. The molecule has 338 valence electrons. The molecule has 2 aromatic heterocycles. The molecular weight excluding hydrogens is 849 g/mol. The molecule has 2 heterocycles. The highest BCUT2D eigenvalue weighted by molar-refractivity contribution is 6.27. The Morgan fingerprint density at radius 2 is 1.30 bits per heavy atom. The van der Waals surface area contributed by atoms with E-state index in [4.69, 9.17) is 30.5 Å². The number of nitrogens with zero attached hydrogens (tertiary/aromatic N) is 3. The van der Waals surface area contributed by atoms with Gasteiger partial charge in [0, 0.05) is 17.9 Å². The number of carboxylic acids is 2. The smallest absolute Gasteiger partial charge is 0.473 e. The number of carbonyl (C=O) groups is 3. The highest BCUT2D eigenvalue weighted by Gasteiger charge is 2.41. The summed E-state index contributed by atoms with van der Waals surface area (Å²) in [6.45, 7) is 1.34. The first-order chi connectivity index (χ1) is 30.4. The fourth-order valence-corrected chi connectivity index (χ4v) is 8.48. The number of alkyl halides is 3. The van der Waals surface area contributed by atoms with Crippen molar-refractivity contribution in [3.63, 3.8) is 0 Å². The molecule has 12 nitrogen and oxygen atoms in total. The number of H-pyrrole nitrogens is 1. The van der Waals surface area contributed by atoms with Crippen molar-refractivity contribution in [2.75, 3.05) is 13.1 Å². The third-order valence-electron chi connectivity index (χ3n) is 11.4. The molecule has 2 unspecified atom stereocenters. The number of benzene rings is 4. The summed E-state index contributed by atoms with van der Waals surface area (Å²) in [6, 6.07) is 37.9. The molecule has 0 saturated heterocycles. The van der Waals surface area contributed by atoms with Crippen LogP contribution in [0.1, 0.15) is 70.7 Å². The van der Waals surface area contributed by atoms with Crippen LogP contribution in [0, 0.1) is 11.8 Å². The Bertz CT molecular complexity index is 2290. The summed E-state index contributed by atoms with van der Waals surface area (Å²) < 4.78 is 42.6. The van der Waals surface area contributed by atoms with Gasteiger partial charge in [0.1, 0.15) is 11.3 Å². The van der Waals surface area contributed by atoms with Crippen molar-refractivity contribution in [3.05, 3.63) is 173 Å². The van der Waals surface area contributed by atoms with Crippen molar-refractivity contribution in [2.45, 2.75) is 69.7 Å². The predicted molar refractivity (Wildman–Crippen MR) is 237 cm³/mol. The number of ether oxygens (including phenoxy) is 1. The summed E-state index contributed by atoms with van der Waals surface area (Å²) in [5.41, 5.74) is 14.7. The first-order valence-corrected chi connectivity index (χ1v) is 20.9. The minimum Gasteiger partial charge on any atom is -0.473 e. The standard InChI is InChI=1S/C28H29N3.C18H20F3N3O2.C2H2O4.ClH/c29-19-18-22-16-17-27-26(20-22)30-21-31(27)28(23-10-4-1-5-11-23,24-12-6-2-7-13-24)25-14-8-3-9-15-25;19-18(20,21)26-14-4-1-12(2-5-14)10-17(25)22-8-7-13-3-6-15-16(9-13)24-11-23-15;3-1(4)2(5)6;/h1-15,21-22H,16-20,29H2;1-2,4-5,11,13H,3,6-10H2,(H,22,25)(H,23,24);(H,3,4)(H,5,6);1H. The molecule has 0 bridgehead atoms. The zero-order valence-corrected chi connectivity index (χ0v) is 35.9. The van der Waals surface area contributed by atoms with Crippen LogP contribution in [0.3, 0.4) is 0 Å². The number of imidazole rings is 2. The molecule has 6 N–H and O–H groups in total. The number of fused-ring (bicyclic) bond motifs is 2. The number of aryl methyl sites for hydroxylation is 1. The first kappa shape index (κ1) is 48.6. The lowest BCUT2D eigenvalue weighted by Crippen LogP contribution is -2.39. The molecule has 0 fully saturated rings. The Labute approximate surface area is 375 Å². The fourth-order valence-electron chi connectivity index (χ4n) is 8.48. The molecule has 2 aliphatic carbocycles. The van der Waals surface area contributed by atoms with Crippen molar-refractivity contribution in [1.29, 1.82) is 0 Å². The largest absolute Gasteiger partial charge is 0.573 e. The van der Waals surface area contributed by atoms with Gasteiger partial charge in [0.2, 0.25) is 5.91 Å². The van der Waals surface area contributed by atoms with Crippen molar-refractivity contribution < 1.29 is 42.5 Å². The molecular formula is C48H52ClF3N6O6. The number of hydrogen-bond acceptors (Lipinski definition) is 7. The number of rotatable bonds is 12. The summed E-state index contributed by atoms with van der Waals surface area (Å²) >= 11 is 0. The molecule has 8 rings (SSSR count). The topological polar surface area (TPSA) is 185 Å². The SMILES string of the molecule is Cl.NCCC1CCc2c(ncn2C(c2ccccc2)(c2ccccc2)c2ccccc2)C1.O=C(Cc1ccc(OC(F)(F)F)cc1)NCCC1CCc2nc[nH]c2C1.O=C(O)C(=O)O. The molecule has 2 aliphatic rings. The van der Waals surface area contributed by atoms with Gasteiger partial charge in [-0.25, -0.2) is 19.6 Å². The van der Waals surface area contributed by atoms with E-state index in [1.807, 2.05) is 0 Å². The number of aromatic nitrogens is 4. The normalized spacial score (nSPS) is 15.3. The van der Waals surface area contributed by atoms with Crippen molar-refractivity contribution in [3.8, 4) is 5.75 Å². The Kier molecular flexibility index (Phi) is 17.3. The number of amides is 1. The van der Waals surface area contributed by atoms with Crippen LogP contribution < -0.4 is 15.8 Å². The lowest BCUT2D eigenvalue weighted by Gasteiger charge is -2.39. The number of halogens is 4. The summed E-state index contributed by atoms with van der Waals surface area (Å²) in [7, 11) is 0. The van der Waals surface area contributed by atoms with Gasteiger partial charge in [0.15, 0.2) is 0 Å². The van der Waals surface area contributed by atoms with Gasteiger partial charge in [0.25, 0.3) is 0 Å². The van der Waals surface area contributed by atoms with E-state index in [0.717, 1.165) is 57.2 Å². The predicted octanol–water partition coefficient (Wildman–Crippen LogP) is 7.92. The second-order valence-electron chi connectivity index (χ2n) is 15.6. The van der Waals surface area contributed by atoms with Crippen LogP contribution >= 0.6 is 12.4 Å². The fraction of sp³-hybridized carbons (Fsp3) is 0.312. The van der Waals surface area contributed by atoms with Gasteiger partial charge in [-0.05, 0) is 104 Å².